The summed E-state index contributed by atoms with van der Waals surface area (Å²) in [6.07, 6.45) is 1.91. The first-order valence-corrected chi connectivity index (χ1v) is 8.69. The minimum atomic E-state index is 0.0264. The maximum atomic E-state index is 11.5. The normalized spacial score (nSPS) is 15.5. The molecule has 25 heavy (non-hydrogen) atoms. The molecule has 1 aliphatic heterocycles. The highest BCUT2D eigenvalue weighted by atomic mass is 16.1. The lowest BCUT2D eigenvalue weighted by atomic mass is 9.92. The molecule has 6 nitrogen and oxygen atoms in total. The number of hydrogen-bond donors (Lipinski definition) is 0. The van der Waals surface area contributed by atoms with Crippen LogP contribution in [0.1, 0.15) is 32.0 Å². The topological polar surface area (TPSA) is 54.3 Å². The van der Waals surface area contributed by atoms with Gasteiger partial charge in [-0.15, -0.1) is 5.10 Å². The number of likely N-dealkylation sites (N-methyl/N-ethyl adjacent to an activating group) is 1. The summed E-state index contributed by atoms with van der Waals surface area (Å²) in [5.74, 6) is 0.944. The van der Waals surface area contributed by atoms with Crippen LogP contribution in [0.3, 0.4) is 0 Å². The molecule has 0 saturated carbocycles. The quantitative estimate of drug-likeness (QED) is 0.849. The molecule has 0 aliphatic carbocycles. The molecule has 2 aromatic rings. The zero-order valence-electron chi connectivity index (χ0n) is 15.7. The van der Waals surface area contributed by atoms with Gasteiger partial charge in [0.15, 0.2) is 5.82 Å². The summed E-state index contributed by atoms with van der Waals surface area (Å²) >= 11 is 0. The van der Waals surface area contributed by atoms with Crippen LogP contribution in [0.4, 0.5) is 5.82 Å². The van der Waals surface area contributed by atoms with Gasteiger partial charge in [0.2, 0.25) is 5.56 Å². The van der Waals surface area contributed by atoms with Crippen LogP contribution in [0.15, 0.2) is 35.3 Å². The van der Waals surface area contributed by atoms with Gasteiger partial charge in [-0.25, -0.2) is 0 Å². The summed E-state index contributed by atoms with van der Waals surface area (Å²) in [6.45, 7) is 9.17. The standard InChI is InChI=1S/C19H27N5O/c1-19(2,3)16-7-8-17(21-20-16)24-12-15(13-24)22(4)10-14-6-9-18(25)23(5)11-14/h6-9,11,15H,10,12-13H2,1-5H3. The second-order valence-corrected chi connectivity index (χ2v) is 7.99. The number of nitrogens with zero attached hydrogens (tertiary/aromatic N) is 5. The third-order valence-corrected chi connectivity index (χ3v) is 4.81. The first-order valence-electron chi connectivity index (χ1n) is 8.69. The molecule has 2 aromatic heterocycles. The maximum absolute atomic E-state index is 11.5. The fourth-order valence-corrected chi connectivity index (χ4v) is 2.98. The molecule has 0 atom stereocenters. The Bertz CT molecular complexity index is 785. The van der Waals surface area contributed by atoms with Crippen molar-refractivity contribution < 1.29 is 0 Å². The summed E-state index contributed by atoms with van der Waals surface area (Å²) in [4.78, 5) is 16.1. The number of anilines is 1. The van der Waals surface area contributed by atoms with Crippen molar-refractivity contribution in [1.82, 2.24) is 19.7 Å². The first-order chi connectivity index (χ1) is 11.7. The Kier molecular flexibility index (Phi) is 4.64. The molecule has 0 aromatic carbocycles. The van der Waals surface area contributed by atoms with Gasteiger partial charge in [-0.1, -0.05) is 26.8 Å². The summed E-state index contributed by atoms with van der Waals surface area (Å²) < 4.78 is 1.63. The van der Waals surface area contributed by atoms with Crippen LogP contribution in [0.25, 0.3) is 0 Å². The number of aromatic nitrogens is 3. The molecule has 3 heterocycles. The lowest BCUT2D eigenvalue weighted by molar-refractivity contribution is 0.196. The Morgan fingerprint density at radius 1 is 1.16 bits per heavy atom. The minimum Gasteiger partial charge on any atom is -0.352 e. The molecule has 0 unspecified atom stereocenters. The molecule has 0 radical (unpaired) electrons. The van der Waals surface area contributed by atoms with Crippen molar-refractivity contribution >= 4 is 5.82 Å². The van der Waals surface area contributed by atoms with Crippen LogP contribution in [-0.4, -0.2) is 45.8 Å². The lowest BCUT2D eigenvalue weighted by Gasteiger charge is -2.44. The third kappa shape index (κ3) is 3.90. The van der Waals surface area contributed by atoms with Crippen LogP contribution in [0.2, 0.25) is 0 Å². The van der Waals surface area contributed by atoms with Gasteiger partial charge < -0.3 is 9.47 Å². The van der Waals surface area contributed by atoms with Crippen molar-refractivity contribution in [2.24, 2.45) is 7.05 Å². The molecule has 134 valence electrons. The lowest BCUT2D eigenvalue weighted by Crippen LogP contribution is -2.58. The molecular formula is C19H27N5O. The number of hydrogen-bond acceptors (Lipinski definition) is 5. The van der Waals surface area contributed by atoms with Gasteiger partial charge in [-0.3, -0.25) is 9.69 Å². The average molecular weight is 341 g/mol. The van der Waals surface area contributed by atoms with E-state index in [2.05, 4.69) is 59.9 Å². The van der Waals surface area contributed by atoms with E-state index in [-0.39, 0.29) is 11.0 Å². The van der Waals surface area contributed by atoms with Gasteiger partial charge >= 0.3 is 0 Å². The SMILES string of the molecule is CN(Cc1ccc(=O)n(C)c1)C1CN(c2ccc(C(C)(C)C)nn2)C1. The van der Waals surface area contributed by atoms with Gasteiger partial charge in [0.05, 0.1) is 5.69 Å². The predicted octanol–water partition coefficient (Wildman–Crippen LogP) is 1.79. The van der Waals surface area contributed by atoms with Gasteiger partial charge in [-0.2, -0.15) is 5.10 Å². The molecule has 0 bridgehead atoms. The highest BCUT2D eigenvalue weighted by Crippen LogP contribution is 2.24. The summed E-state index contributed by atoms with van der Waals surface area (Å²) in [7, 11) is 3.92. The number of aryl methyl sites for hydroxylation is 1. The Morgan fingerprint density at radius 3 is 2.44 bits per heavy atom. The van der Waals surface area contributed by atoms with Crippen molar-refractivity contribution in [2.75, 3.05) is 25.0 Å². The largest absolute Gasteiger partial charge is 0.352 e. The Balaban J connectivity index is 1.56. The highest BCUT2D eigenvalue weighted by Gasteiger charge is 2.31. The van der Waals surface area contributed by atoms with Crippen LogP contribution < -0.4 is 10.5 Å². The van der Waals surface area contributed by atoms with E-state index in [1.807, 2.05) is 12.3 Å². The van der Waals surface area contributed by atoms with Gasteiger partial charge in [0.1, 0.15) is 0 Å². The van der Waals surface area contributed by atoms with Crippen molar-refractivity contribution in [2.45, 2.75) is 38.8 Å². The van der Waals surface area contributed by atoms with Crippen molar-refractivity contribution in [3.63, 3.8) is 0 Å². The fourth-order valence-electron chi connectivity index (χ4n) is 2.98. The Hall–Kier alpha value is -2.21. The van der Waals surface area contributed by atoms with E-state index < -0.39 is 0 Å². The molecule has 0 N–H and O–H groups in total. The summed E-state index contributed by atoms with van der Waals surface area (Å²) in [5, 5.41) is 8.76. The van der Waals surface area contributed by atoms with Gasteiger partial charge in [-0.05, 0) is 24.7 Å². The van der Waals surface area contributed by atoms with E-state index in [4.69, 9.17) is 0 Å². The summed E-state index contributed by atoms with van der Waals surface area (Å²) in [5.41, 5.74) is 2.22. The summed E-state index contributed by atoms with van der Waals surface area (Å²) in [6, 6.07) is 8.16. The highest BCUT2D eigenvalue weighted by molar-refractivity contribution is 5.42. The predicted molar refractivity (Wildman–Crippen MR) is 99.9 cm³/mol. The van der Waals surface area contributed by atoms with Crippen molar-refractivity contribution in [3.05, 3.63) is 52.1 Å². The number of rotatable bonds is 4. The molecule has 0 spiro atoms. The Morgan fingerprint density at radius 2 is 1.88 bits per heavy atom. The average Bonchev–Trinajstić information content (AvgIpc) is 2.49. The smallest absolute Gasteiger partial charge is 0.250 e. The molecule has 0 amide bonds. The molecule has 3 rings (SSSR count). The van der Waals surface area contributed by atoms with E-state index in [1.165, 1.54) is 0 Å². The molecule has 1 saturated heterocycles. The van der Waals surface area contributed by atoms with E-state index in [1.54, 1.807) is 17.7 Å². The monoisotopic (exact) mass is 341 g/mol. The van der Waals surface area contributed by atoms with Crippen LogP contribution >= 0.6 is 0 Å². The minimum absolute atomic E-state index is 0.0264. The van der Waals surface area contributed by atoms with Crippen LogP contribution in [0.5, 0.6) is 0 Å². The maximum Gasteiger partial charge on any atom is 0.250 e. The molecule has 1 aliphatic rings. The van der Waals surface area contributed by atoms with Crippen molar-refractivity contribution in [3.8, 4) is 0 Å². The van der Waals surface area contributed by atoms with E-state index in [0.717, 1.165) is 36.7 Å². The van der Waals surface area contributed by atoms with E-state index in [0.29, 0.717) is 6.04 Å². The van der Waals surface area contributed by atoms with Crippen LogP contribution in [-0.2, 0) is 19.0 Å². The van der Waals surface area contributed by atoms with E-state index >= 15 is 0 Å². The Labute approximate surface area is 149 Å². The number of pyridine rings is 1. The van der Waals surface area contributed by atoms with E-state index in [9.17, 15) is 4.79 Å². The van der Waals surface area contributed by atoms with Crippen LogP contribution in [0, 0.1) is 0 Å². The third-order valence-electron chi connectivity index (χ3n) is 4.81. The molecule has 6 heteroatoms. The zero-order chi connectivity index (χ0) is 18.2. The fraction of sp³-hybridized carbons (Fsp3) is 0.526. The van der Waals surface area contributed by atoms with Crippen molar-refractivity contribution in [1.29, 1.82) is 0 Å². The van der Waals surface area contributed by atoms with Gasteiger partial charge in [0.25, 0.3) is 0 Å². The zero-order valence-corrected chi connectivity index (χ0v) is 15.7. The second-order valence-electron chi connectivity index (χ2n) is 7.99. The molecule has 1 fully saturated rings. The second kappa shape index (κ2) is 6.59. The molecular weight excluding hydrogens is 314 g/mol. The first kappa shape index (κ1) is 17.6. The van der Waals surface area contributed by atoms with Gasteiger partial charge in [0, 0.05) is 50.4 Å².